The second-order valence-electron chi connectivity index (χ2n) is 12.4. The van der Waals surface area contributed by atoms with Crippen molar-refractivity contribution in [3.8, 4) is 23.0 Å². The Bertz CT molecular complexity index is 1350. The minimum absolute atomic E-state index is 0.0792. The summed E-state index contributed by atoms with van der Waals surface area (Å²) in [6.07, 6.45) is -7.56. The summed E-state index contributed by atoms with van der Waals surface area (Å²) >= 11 is 0. The molecule has 4 heterocycles. The van der Waals surface area contributed by atoms with E-state index < -0.39 is 55.3 Å². The van der Waals surface area contributed by atoms with Gasteiger partial charge in [-0.3, -0.25) is 0 Å². The lowest BCUT2D eigenvalue weighted by atomic mass is 9.65. The van der Waals surface area contributed by atoms with Crippen LogP contribution in [0.1, 0.15) is 61.0 Å². The average molecular weight is 617 g/mol. The molecule has 4 aliphatic heterocycles. The highest BCUT2D eigenvalue weighted by Gasteiger charge is 2.55. The number of ether oxygens (including phenoxy) is 9. The summed E-state index contributed by atoms with van der Waals surface area (Å²) in [4.78, 5) is 0. The third kappa shape index (κ3) is 4.83. The van der Waals surface area contributed by atoms with Gasteiger partial charge < -0.3 is 58.0 Å². The number of aliphatic hydroxyl groups excluding tert-OH is 3. The number of hydrogen-bond donors (Lipinski definition) is 3. The summed E-state index contributed by atoms with van der Waals surface area (Å²) in [5.41, 5.74) is 3.44. The van der Waals surface area contributed by atoms with Gasteiger partial charge in [0.25, 0.3) is 0 Å². The van der Waals surface area contributed by atoms with E-state index in [1.165, 1.54) is 0 Å². The molecule has 240 valence electrons. The maximum Gasteiger partial charge on any atom is 0.231 e. The average Bonchev–Trinajstić information content (AvgIpc) is 3.64. The monoisotopic (exact) mass is 616 g/mol. The van der Waals surface area contributed by atoms with Crippen LogP contribution in [-0.4, -0.2) is 92.8 Å². The quantitative estimate of drug-likeness (QED) is 0.439. The van der Waals surface area contributed by atoms with E-state index in [0.717, 1.165) is 22.3 Å². The van der Waals surface area contributed by atoms with Crippen LogP contribution in [0.25, 0.3) is 0 Å². The van der Waals surface area contributed by atoms with E-state index in [1.54, 1.807) is 21.1 Å². The van der Waals surface area contributed by atoms with Crippen molar-refractivity contribution >= 4 is 0 Å². The Balaban J connectivity index is 1.32. The van der Waals surface area contributed by atoms with Crippen LogP contribution >= 0.6 is 0 Å². The van der Waals surface area contributed by atoms with E-state index in [9.17, 15) is 15.3 Å². The van der Waals surface area contributed by atoms with Crippen molar-refractivity contribution in [2.75, 3.05) is 34.2 Å². The van der Waals surface area contributed by atoms with Crippen molar-refractivity contribution < 1.29 is 58.0 Å². The lowest BCUT2D eigenvalue weighted by Crippen LogP contribution is -2.63. The van der Waals surface area contributed by atoms with Gasteiger partial charge in [0.2, 0.25) is 6.79 Å². The minimum Gasteiger partial charge on any atom is -0.496 e. The number of hydrogen-bond acceptors (Lipinski definition) is 12. The van der Waals surface area contributed by atoms with Gasteiger partial charge in [0, 0.05) is 23.3 Å². The van der Waals surface area contributed by atoms with Gasteiger partial charge in [-0.15, -0.1) is 0 Å². The Labute approximate surface area is 255 Å². The van der Waals surface area contributed by atoms with Crippen LogP contribution in [0.3, 0.4) is 0 Å². The number of fused-ring (bicyclic) bond motifs is 4. The molecule has 0 aromatic heterocycles. The van der Waals surface area contributed by atoms with E-state index in [4.69, 9.17) is 42.6 Å². The molecule has 1 aliphatic carbocycles. The molecule has 0 radical (unpaired) electrons. The summed E-state index contributed by atoms with van der Waals surface area (Å²) < 4.78 is 53.1. The molecule has 11 atom stereocenters. The lowest BCUT2D eigenvalue weighted by Gasteiger charge is -2.48. The second-order valence-corrected chi connectivity index (χ2v) is 12.4. The third-order valence-corrected chi connectivity index (χ3v) is 9.54. The van der Waals surface area contributed by atoms with E-state index in [0.29, 0.717) is 23.0 Å². The number of rotatable bonds is 6. The van der Waals surface area contributed by atoms with E-state index >= 15 is 0 Å². The van der Waals surface area contributed by atoms with Crippen molar-refractivity contribution in [1.82, 2.24) is 0 Å². The first-order chi connectivity index (χ1) is 21.2. The lowest BCUT2D eigenvalue weighted by molar-refractivity contribution is -0.364. The summed E-state index contributed by atoms with van der Waals surface area (Å²) in [6.45, 7) is 6.34. The molecule has 5 aliphatic rings. The predicted octanol–water partition coefficient (Wildman–Crippen LogP) is 2.55. The normalized spacial score (nSPS) is 37.3. The molecule has 3 saturated heterocycles. The van der Waals surface area contributed by atoms with Crippen molar-refractivity contribution in [2.45, 2.75) is 82.0 Å². The molecular weight excluding hydrogens is 576 g/mol. The number of benzene rings is 2. The zero-order valence-electron chi connectivity index (χ0n) is 25.4. The largest absolute Gasteiger partial charge is 0.496 e. The van der Waals surface area contributed by atoms with Crippen LogP contribution in [0.4, 0.5) is 0 Å². The van der Waals surface area contributed by atoms with Crippen LogP contribution in [-0.2, 0) is 23.7 Å². The van der Waals surface area contributed by atoms with Crippen molar-refractivity contribution in [3.05, 3.63) is 46.5 Å². The van der Waals surface area contributed by atoms with Crippen LogP contribution < -0.4 is 18.9 Å². The molecule has 12 nitrogen and oxygen atoms in total. The molecule has 0 bridgehead atoms. The number of aliphatic hydroxyl groups is 3. The predicted molar refractivity (Wildman–Crippen MR) is 152 cm³/mol. The molecule has 7 rings (SSSR count). The van der Waals surface area contributed by atoms with Crippen LogP contribution in [0, 0.1) is 11.8 Å². The van der Waals surface area contributed by atoms with E-state index in [-0.39, 0.29) is 37.8 Å². The Morgan fingerprint density at radius 1 is 0.841 bits per heavy atom. The van der Waals surface area contributed by atoms with Gasteiger partial charge in [0.15, 0.2) is 30.4 Å². The summed E-state index contributed by atoms with van der Waals surface area (Å²) in [7, 11) is 3.27. The topological polar surface area (TPSA) is 144 Å². The first kappa shape index (κ1) is 30.0. The molecule has 44 heavy (non-hydrogen) atoms. The van der Waals surface area contributed by atoms with Crippen LogP contribution in [0.15, 0.2) is 24.3 Å². The molecule has 2 aromatic rings. The first-order valence-corrected chi connectivity index (χ1v) is 15.1. The first-order valence-electron chi connectivity index (χ1n) is 15.1. The third-order valence-electron chi connectivity index (χ3n) is 9.54. The molecule has 3 fully saturated rings. The Morgan fingerprint density at radius 2 is 1.52 bits per heavy atom. The smallest absolute Gasteiger partial charge is 0.231 e. The summed E-state index contributed by atoms with van der Waals surface area (Å²) in [5.74, 6) is 1.50. The SMILES string of the molecule is COc1cc([C@@H]2c3cc4c(cc3C(OC3O[C@@H]5CO[C@@H](C)O[C@H]5[C@H](O)[C@H]3O)[C@H]3COC(O)[C@H]23)OCO4)cc(OC)c1C(C)C. The molecule has 3 unspecified atom stereocenters. The fourth-order valence-electron chi connectivity index (χ4n) is 7.51. The minimum atomic E-state index is -1.39. The molecule has 0 saturated carbocycles. The maximum absolute atomic E-state index is 11.3. The van der Waals surface area contributed by atoms with Gasteiger partial charge in [-0.2, -0.15) is 0 Å². The fraction of sp³-hybridized carbons (Fsp3) is 0.625. The Morgan fingerprint density at radius 3 is 2.18 bits per heavy atom. The molecule has 3 N–H and O–H groups in total. The standard InChI is InChI=1S/C32H40O12/c1-13(2)24-21(36-4)6-15(7-22(24)37-5)25-16-8-19-20(41-12-40-19)9-17(16)29(18-10-39-31(35)26(18)25)44-32-28(34)27(33)30-23(43-32)11-38-14(3)42-30/h6-9,13-14,18,23,25-35H,10-12H2,1-5H3/t14-,18+,23-,25-,26+,27-,28-,29?,30-,31?,32?/m1/s1. The van der Waals surface area contributed by atoms with Gasteiger partial charge >= 0.3 is 0 Å². The fourth-order valence-corrected chi connectivity index (χ4v) is 7.51. The highest BCUT2D eigenvalue weighted by Crippen LogP contribution is 2.57. The second kappa shape index (κ2) is 11.6. The molecule has 0 spiro atoms. The van der Waals surface area contributed by atoms with E-state index in [1.807, 2.05) is 24.3 Å². The van der Waals surface area contributed by atoms with Gasteiger partial charge in [0.05, 0.1) is 33.5 Å². The Kier molecular flexibility index (Phi) is 7.91. The van der Waals surface area contributed by atoms with Gasteiger partial charge in [-0.05, 0) is 53.8 Å². The summed E-state index contributed by atoms with van der Waals surface area (Å²) in [5, 5.41) is 33.4. The van der Waals surface area contributed by atoms with Gasteiger partial charge in [-0.25, -0.2) is 0 Å². The van der Waals surface area contributed by atoms with Crippen LogP contribution in [0.2, 0.25) is 0 Å². The Hall–Kier alpha value is -2.68. The molecule has 2 aromatic carbocycles. The zero-order valence-corrected chi connectivity index (χ0v) is 25.4. The van der Waals surface area contributed by atoms with Crippen LogP contribution in [0.5, 0.6) is 23.0 Å². The highest BCUT2D eigenvalue weighted by atomic mass is 16.8. The van der Waals surface area contributed by atoms with Crippen molar-refractivity contribution in [2.24, 2.45) is 11.8 Å². The maximum atomic E-state index is 11.3. The van der Waals surface area contributed by atoms with Gasteiger partial charge in [-0.1, -0.05) is 13.8 Å². The molecule has 12 heteroatoms. The van der Waals surface area contributed by atoms with Gasteiger partial charge in [0.1, 0.15) is 35.9 Å². The number of methoxy groups -OCH3 is 2. The molecular formula is C32H40O12. The van der Waals surface area contributed by atoms with Crippen molar-refractivity contribution in [1.29, 1.82) is 0 Å². The van der Waals surface area contributed by atoms with E-state index in [2.05, 4.69) is 13.8 Å². The zero-order chi connectivity index (χ0) is 30.9. The summed E-state index contributed by atoms with van der Waals surface area (Å²) in [6, 6.07) is 7.79. The molecule has 0 amide bonds. The highest BCUT2D eigenvalue weighted by molar-refractivity contribution is 5.57. The van der Waals surface area contributed by atoms with Crippen molar-refractivity contribution in [3.63, 3.8) is 0 Å².